The van der Waals surface area contributed by atoms with Crippen LogP contribution in [0.1, 0.15) is 43.7 Å². The molecule has 31 heavy (non-hydrogen) atoms. The SMILES string of the molecule is CCC(NC(=O)C(C)CCNC(=O)OCC1c2ccccc2-c2ccccc21)C(=O)O. The highest BCUT2D eigenvalue weighted by molar-refractivity contribution is 5.84. The van der Waals surface area contributed by atoms with E-state index in [1.54, 1.807) is 13.8 Å². The Morgan fingerprint density at radius 3 is 2.16 bits per heavy atom. The van der Waals surface area contributed by atoms with Gasteiger partial charge in [0, 0.05) is 18.4 Å². The van der Waals surface area contributed by atoms with Gasteiger partial charge in [0.15, 0.2) is 0 Å². The van der Waals surface area contributed by atoms with E-state index in [2.05, 4.69) is 34.9 Å². The average Bonchev–Trinajstić information content (AvgIpc) is 3.09. The minimum absolute atomic E-state index is 0.00940. The van der Waals surface area contributed by atoms with E-state index in [1.165, 1.54) is 11.1 Å². The third-order valence-corrected chi connectivity index (χ3v) is 5.66. The molecule has 0 aromatic heterocycles. The van der Waals surface area contributed by atoms with Crippen molar-refractivity contribution in [1.29, 1.82) is 0 Å². The van der Waals surface area contributed by atoms with Gasteiger partial charge >= 0.3 is 12.1 Å². The van der Waals surface area contributed by atoms with E-state index < -0.39 is 24.0 Å². The van der Waals surface area contributed by atoms with E-state index in [9.17, 15) is 14.4 Å². The van der Waals surface area contributed by atoms with Gasteiger partial charge in [-0.1, -0.05) is 62.4 Å². The number of carbonyl (C=O) groups excluding carboxylic acids is 2. The molecule has 0 heterocycles. The number of ether oxygens (including phenoxy) is 1. The molecule has 3 N–H and O–H groups in total. The van der Waals surface area contributed by atoms with Crippen LogP contribution in [-0.4, -0.2) is 42.3 Å². The number of carboxylic acids is 1. The number of hydrogen-bond donors (Lipinski definition) is 3. The topological polar surface area (TPSA) is 105 Å². The third-order valence-electron chi connectivity index (χ3n) is 5.66. The van der Waals surface area contributed by atoms with Crippen molar-refractivity contribution in [2.75, 3.05) is 13.2 Å². The zero-order chi connectivity index (χ0) is 22.4. The first kappa shape index (κ1) is 22.3. The molecule has 0 spiro atoms. The first-order valence-corrected chi connectivity index (χ1v) is 10.5. The number of benzene rings is 2. The molecule has 164 valence electrons. The lowest BCUT2D eigenvalue weighted by Gasteiger charge is -2.17. The molecular formula is C24H28N2O5. The highest BCUT2D eigenvalue weighted by Gasteiger charge is 2.29. The molecule has 1 aliphatic rings. The number of rotatable bonds is 9. The van der Waals surface area contributed by atoms with Crippen LogP contribution in [0.2, 0.25) is 0 Å². The second kappa shape index (κ2) is 10.1. The predicted molar refractivity (Wildman–Crippen MR) is 117 cm³/mol. The van der Waals surface area contributed by atoms with Gasteiger partial charge in [-0.05, 0) is 35.1 Å². The minimum atomic E-state index is -1.06. The maximum atomic E-state index is 12.2. The molecule has 0 aliphatic heterocycles. The maximum absolute atomic E-state index is 12.2. The number of nitrogens with one attached hydrogen (secondary N) is 2. The van der Waals surface area contributed by atoms with Crippen molar-refractivity contribution in [3.8, 4) is 11.1 Å². The summed E-state index contributed by atoms with van der Waals surface area (Å²) in [6.45, 7) is 3.88. The van der Waals surface area contributed by atoms with Gasteiger partial charge < -0.3 is 20.5 Å². The van der Waals surface area contributed by atoms with Crippen LogP contribution in [0.5, 0.6) is 0 Å². The molecule has 7 nitrogen and oxygen atoms in total. The van der Waals surface area contributed by atoms with Crippen LogP contribution in [0.15, 0.2) is 48.5 Å². The van der Waals surface area contributed by atoms with E-state index in [1.807, 2.05) is 24.3 Å². The van der Waals surface area contributed by atoms with Crippen molar-refractivity contribution in [3.63, 3.8) is 0 Å². The van der Waals surface area contributed by atoms with Crippen molar-refractivity contribution >= 4 is 18.0 Å². The second-order valence-electron chi connectivity index (χ2n) is 7.75. The van der Waals surface area contributed by atoms with Gasteiger partial charge in [0.1, 0.15) is 12.6 Å². The normalized spacial score (nSPS) is 14.1. The molecule has 0 saturated heterocycles. The van der Waals surface area contributed by atoms with Gasteiger partial charge in [0.25, 0.3) is 0 Å². The molecule has 2 unspecified atom stereocenters. The van der Waals surface area contributed by atoms with Crippen molar-refractivity contribution in [3.05, 3.63) is 59.7 Å². The van der Waals surface area contributed by atoms with E-state index in [-0.39, 0.29) is 25.0 Å². The minimum Gasteiger partial charge on any atom is -0.480 e. The summed E-state index contributed by atoms with van der Waals surface area (Å²) in [4.78, 5) is 35.3. The molecule has 0 fully saturated rings. The summed E-state index contributed by atoms with van der Waals surface area (Å²) in [6, 6.07) is 15.3. The lowest BCUT2D eigenvalue weighted by atomic mass is 9.98. The van der Waals surface area contributed by atoms with Crippen LogP contribution in [0.4, 0.5) is 4.79 Å². The second-order valence-corrected chi connectivity index (χ2v) is 7.75. The van der Waals surface area contributed by atoms with Gasteiger partial charge in [0.2, 0.25) is 5.91 Å². The summed E-state index contributed by atoms with van der Waals surface area (Å²) in [5.41, 5.74) is 4.62. The highest BCUT2D eigenvalue weighted by Crippen LogP contribution is 2.44. The number of carbonyl (C=O) groups is 3. The monoisotopic (exact) mass is 424 g/mol. The summed E-state index contributed by atoms with van der Waals surface area (Å²) < 4.78 is 5.47. The number of carboxylic acid groups (broad SMARTS) is 1. The van der Waals surface area contributed by atoms with Crippen LogP contribution in [0.25, 0.3) is 11.1 Å². The number of fused-ring (bicyclic) bond motifs is 3. The molecule has 2 amide bonds. The molecule has 2 atom stereocenters. The summed E-state index contributed by atoms with van der Waals surface area (Å²) in [7, 11) is 0. The van der Waals surface area contributed by atoms with Crippen molar-refractivity contribution in [2.45, 2.75) is 38.6 Å². The number of alkyl carbamates (subject to hydrolysis) is 1. The van der Waals surface area contributed by atoms with Gasteiger partial charge in [-0.15, -0.1) is 0 Å². The number of amides is 2. The van der Waals surface area contributed by atoms with Crippen LogP contribution in [-0.2, 0) is 14.3 Å². The zero-order valence-corrected chi connectivity index (χ0v) is 17.8. The number of aliphatic carboxylic acids is 1. The molecule has 1 aliphatic carbocycles. The number of hydrogen-bond acceptors (Lipinski definition) is 4. The Hall–Kier alpha value is -3.35. The molecule has 2 aromatic carbocycles. The smallest absolute Gasteiger partial charge is 0.407 e. The first-order chi connectivity index (χ1) is 14.9. The largest absolute Gasteiger partial charge is 0.480 e. The Kier molecular flexibility index (Phi) is 7.28. The Balaban J connectivity index is 1.47. The van der Waals surface area contributed by atoms with E-state index in [4.69, 9.17) is 9.84 Å². The molecule has 3 rings (SSSR count). The summed E-state index contributed by atoms with van der Waals surface area (Å²) >= 11 is 0. The molecule has 0 radical (unpaired) electrons. The van der Waals surface area contributed by atoms with E-state index in [0.717, 1.165) is 11.1 Å². The summed E-state index contributed by atoms with van der Waals surface area (Å²) in [6.07, 6.45) is 0.157. The van der Waals surface area contributed by atoms with Gasteiger partial charge in [-0.2, -0.15) is 0 Å². The lowest BCUT2D eigenvalue weighted by Crippen LogP contribution is -2.43. The molecular weight excluding hydrogens is 396 g/mol. The van der Waals surface area contributed by atoms with Crippen LogP contribution < -0.4 is 10.6 Å². The standard InChI is InChI=1S/C24H28N2O5/c1-3-21(23(28)29)26-22(27)15(2)12-13-25-24(30)31-14-20-18-10-6-4-8-16(18)17-9-5-7-11-19(17)20/h4-11,15,20-21H,3,12-14H2,1-2H3,(H,25,30)(H,26,27)(H,28,29). The fraction of sp³-hybridized carbons (Fsp3) is 0.375. The van der Waals surface area contributed by atoms with E-state index in [0.29, 0.717) is 12.8 Å². The first-order valence-electron chi connectivity index (χ1n) is 10.5. The summed E-state index contributed by atoms with van der Waals surface area (Å²) in [5.74, 6) is -1.84. The fourth-order valence-corrected chi connectivity index (χ4v) is 3.82. The Bertz CT molecular complexity index is 913. The predicted octanol–water partition coefficient (Wildman–Crippen LogP) is 3.53. The lowest BCUT2D eigenvalue weighted by molar-refractivity contribution is -0.142. The molecule has 0 saturated carbocycles. The quantitative estimate of drug-likeness (QED) is 0.571. The van der Waals surface area contributed by atoms with Gasteiger partial charge in [-0.25, -0.2) is 9.59 Å². The average molecular weight is 424 g/mol. The Morgan fingerprint density at radius 1 is 1.03 bits per heavy atom. The van der Waals surface area contributed by atoms with E-state index >= 15 is 0 Å². The Morgan fingerprint density at radius 2 is 1.61 bits per heavy atom. The summed E-state index contributed by atoms with van der Waals surface area (Å²) in [5, 5.41) is 14.2. The molecule has 0 bridgehead atoms. The van der Waals surface area contributed by atoms with Crippen molar-refractivity contribution < 1.29 is 24.2 Å². The van der Waals surface area contributed by atoms with Crippen LogP contribution >= 0.6 is 0 Å². The third kappa shape index (κ3) is 5.23. The zero-order valence-electron chi connectivity index (χ0n) is 17.8. The van der Waals surface area contributed by atoms with Crippen molar-refractivity contribution in [1.82, 2.24) is 10.6 Å². The molecule has 7 heteroatoms. The van der Waals surface area contributed by atoms with Gasteiger partial charge in [-0.3, -0.25) is 4.79 Å². The van der Waals surface area contributed by atoms with Crippen molar-refractivity contribution in [2.24, 2.45) is 5.92 Å². The molecule has 2 aromatic rings. The van der Waals surface area contributed by atoms with Crippen LogP contribution in [0, 0.1) is 5.92 Å². The van der Waals surface area contributed by atoms with Crippen LogP contribution in [0.3, 0.4) is 0 Å². The van der Waals surface area contributed by atoms with Gasteiger partial charge in [0.05, 0.1) is 0 Å². The maximum Gasteiger partial charge on any atom is 0.407 e. The highest BCUT2D eigenvalue weighted by atomic mass is 16.5. The fourth-order valence-electron chi connectivity index (χ4n) is 3.82. The Labute approximate surface area is 181 Å².